The normalized spacial score (nSPS) is 14.2. The number of thioether (sulfide) groups is 1. The first-order valence-electron chi connectivity index (χ1n) is 6.40. The molecule has 3 rings (SSSR count). The van der Waals surface area contributed by atoms with Gasteiger partial charge in [0.25, 0.3) is 0 Å². The zero-order valence-corrected chi connectivity index (χ0v) is 11.8. The van der Waals surface area contributed by atoms with Crippen LogP contribution < -0.4 is 5.32 Å². The summed E-state index contributed by atoms with van der Waals surface area (Å²) < 4.78 is 5.27. The van der Waals surface area contributed by atoms with Crippen LogP contribution in [0.15, 0.2) is 27.9 Å². The molecule has 0 aliphatic heterocycles. The van der Waals surface area contributed by atoms with E-state index in [4.69, 9.17) is 4.52 Å². The van der Waals surface area contributed by atoms with Gasteiger partial charge >= 0.3 is 0 Å². The number of aromatic nitrogens is 3. The molecule has 0 unspecified atom stereocenters. The molecule has 1 aliphatic rings. The van der Waals surface area contributed by atoms with Gasteiger partial charge in [0.1, 0.15) is 5.03 Å². The van der Waals surface area contributed by atoms with E-state index in [9.17, 15) is 4.79 Å². The Hall–Kier alpha value is -1.89. The number of amides is 1. The maximum absolute atomic E-state index is 11.3. The summed E-state index contributed by atoms with van der Waals surface area (Å²) in [6.45, 7) is 0. The Bertz CT molecular complexity index is 624. The van der Waals surface area contributed by atoms with Gasteiger partial charge in [-0.3, -0.25) is 4.79 Å². The highest BCUT2D eigenvalue weighted by atomic mass is 32.2. The highest BCUT2D eigenvalue weighted by Crippen LogP contribution is 2.40. The van der Waals surface area contributed by atoms with Crippen molar-refractivity contribution in [3.63, 3.8) is 0 Å². The number of hydrogen-bond acceptors (Lipinski definition) is 6. The molecule has 6 nitrogen and oxygen atoms in total. The number of rotatable bonds is 5. The van der Waals surface area contributed by atoms with Crippen LogP contribution in [0.5, 0.6) is 0 Å². The quantitative estimate of drug-likeness (QED) is 0.846. The van der Waals surface area contributed by atoms with E-state index >= 15 is 0 Å². The Morgan fingerprint density at radius 2 is 2.40 bits per heavy atom. The van der Waals surface area contributed by atoms with Crippen LogP contribution in [0.25, 0.3) is 11.4 Å². The molecule has 2 aromatic rings. The number of pyridine rings is 1. The van der Waals surface area contributed by atoms with Crippen LogP contribution in [-0.4, -0.2) is 33.8 Å². The Kier molecular flexibility index (Phi) is 3.68. The lowest BCUT2D eigenvalue weighted by Gasteiger charge is -2.03. The SMILES string of the molecule is CNC(=O)CSc1ncccc1-c1noc(C2CC2)n1. The van der Waals surface area contributed by atoms with E-state index < -0.39 is 0 Å². The lowest BCUT2D eigenvalue weighted by Crippen LogP contribution is -2.19. The highest BCUT2D eigenvalue weighted by molar-refractivity contribution is 8.00. The van der Waals surface area contributed by atoms with Gasteiger partial charge in [-0.15, -0.1) is 0 Å². The minimum atomic E-state index is -0.0432. The fourth-order valence-electron chi connectivity index (χ4n) is 1.72. The molecule has 0 spiro atoms. The predicted octanol–water partition coefficient (Wildman–Crippen LogP) is 1.85. The largest absolute Gasteiger partial charge is 0.358 e. The smallest absolute Gasteiger partial charge is 0.230 e. The van der Waals surface area contributed by atoms with E-state index in [-0.39, 0.29) is 5.91 Å². The van der Waals surface area contributed by atoms with E-state index in [1.807, 2.05) is 12.1 Å². The van der Waals surface area contributed by atoms with Gasteiger partial charge in [0.2, 0.25) is 17.6 Å². The van der Waals surface area contributed by atoms with E-state index in [0.717, 1.165) is 23.4 Å². The summed E-state index contributed by atoms with van der Waals surface area (Å²) in [7, 11) is 1.61. The first-order valence-corrected chi connectivity index (χ1v) is 7.39. The first-order chi connectivity index (χ1) is 9.78. The third-order valence-corrected chi connectivity index (χ3v) is 4.00. The van der Waals surface area contributed by atoms with Gasteiger partial charge in [0, 0.05) is 19.2 Å². The maximum Gasteiger partial charge on any atom is 0.230 e. The lowest BCUT2D eigenvalue weighted by atomic mass is 10.3. The topological polar surface area (TPSA) is 80.9 Å². The molecule has 1 amide bonds. The summed E-state index contributed by atoms with van der Waals surface area (Å²) in [6.07, 6.45) is 3.93. The second-order valence-electron chi connectivity index (χ2n) is 4.55. The van der Waals surface area contributed by atoms with Crippen LogP contribution in [-0.2, 0) is 4.79 Å². The molecule has 0 atom stereocenters. The van der Waals surface area contributed by atoms with Crippen molar-refractivity contribution >= 4 is 17.7 Å². The molecule has 1 fully saturated rings. The summed E-state index contributed by atoms with van der Waals surface area (Å²) in [5.74, 6) is 1.94. The number of nitrogens with one attached hydrogen (secondary N) is 1. The Balaban J connectivity index is 1.82. The predicted molar refractivity (Wildman–Crippen MR) is 74.3 cm³/mol. The molecule has 1 aliphatic carbocycles. The number of carbonyl (C=O) groups is 1. The molecule has 20 heavy (non-hydrogen) atoms. The number of carbonyl (C=O) groups excluding carboxylic acids is 1. The molecule has 0 bridgehead atoms. The van der Waals surface area contributed by atoms with Crippen molar-refractivity contribution < 1.29 is 9.32 Å². The van der Waals surface area contributed by atoms with Crippen LogP contribution in [0, 0.1) is 0 Å². The Morgan fingerprint density at radius 1 is 1.55 bits per heavy atom. The van der Waals surface area contributed by atoms with E-state index in [1.54, 1.807) is 13.2 Å². The van der Waals surface area contributed by atoms with Gasteiger partial charge < -0.3 is 9.84 Å². The van der Waals surface area contributed by atoms with Crippen LogP contribution in [0.4, 0.5) is 0 Å². The van der Waals surface area contributed by atoms with Crippen LogP contribution >= 0.6 is 11.8 Å². The second kappa shape index (κ2) is 5.62. The molecule has 2 aromatic heterocycles. The number of hydrogen-bond donors (Lipinski definition) is 1. The molecule has 2 heterocycles. The van der Waals surface area contributed by atoms with E-state index in [1.165, 1.54) is 11.8 Å². The summed E-state index contributed by atoms with van der Waals surface area (Å²) in [4.78, 5) is 20.0. The molecular weight excluding hydrogens is 276 g/mol. The zero-order valence-electron chi connectivity index (χ0n) is 11.0. The van der Waals surface area contributed by atoms with Gasteiger partial charge in [-0.1, -0.05) is 16.9 Å². The van der Waals surface area contributed by atoms with Crippen molar-refractivity contribution in [1.82, 2.24) is 20.4 Å². The molecule has 0 aromatic carbocycles. The van der Waals surface area contributed by atoms with Crippen LogP contribution in [0.1, 0.15) is 24.7 Å². The average Bonchev–Trinajstić information content (AvgIpc) is 3.23. The molecule has 7 heteroatoms. The third kappa shape index (κ3) is 2.82. The molecule has 0 saturated heterocycles. The van der Waals surface area contributed by atoms with E-state index in [2.05, 4.69) is 20.4 Å². The van der Waals surface area contributed by atoms with Crippen molar-refractivity contribution in [2.45, 2.75) is 23.8 Å². The molecule has 0 radical (unpaired) electrons. The minimum Gasteiger partial charge on any atom is -0.358 e. The van der Waals surface area contributed by atoms with Gasteiger partial charge in [-0.25, -0.2) is 4.98 Å². The highest BCUT2D eigenvalue weighted by Gasteiger charge is 2.30. The van der Waals surface area contributed by atoms with Crippen molar-refractivity contribution in [2.75, 3.05) is 12.8 Å². The lowest BCUT2D eigenvalue weighted by molar-refractivity contribution is -0.118. The van der Waals surface area contributed by atoms with Gasteiger partial charge in [0.05, 0.1) is 11.3 Å². The van der Waals surface area contributed by atoms with Crippen molar-refractivity contribution in [3.05, 3.63) is 24.2 Å². The molecule has 1 saturated carbocycles. The van der Waals surface area contributed by atoms with Gasteiger partial charge in [0.15, 0.2) is 0 Å². The number of nitrogens with zero attached hydrogens (tertiary/aromatic N) is 3. The van der Waals surface area contributed by atoms with Crippen molar-refractivity contribution in [3.8, 4) is 11.4 Å². The molecular formula is C13H14N4O2S. The molecule has 104 valence electrons. The second-order valence-corrected chi connectivity index (χ2v) is 5.51. The van der Waals surface area contributed by atoms with Crippen LogP contribution in [0.2, 0.25) is 0 Å². The average molecular weight is 290 g/mol. The monoisotopic (exact) mass is 290 g/mol. The Morgan fingerprint density at radius 3 is 3.15 bits per heavy atom. The van der Waals surface area contributed by atoms with Gasteiger partial charge in [-0.05, 0) is 25.0 Å². The third-order valence-electron chi connectivity index (χ3n) is 3.00. The summed E-state index contributed by atoms with van der Waals surface area (Å²) in [5, 5.41) is 7.34. The summed E-state index contributed by atoms with van der Waals surface area (Å²) >= 11 is 1.36. The maximum atomic E-state index is 11.3. The van der Waals surface area contributed by atoms with Crippen molar-refractivity contribution in [1.29, 1.82) is 0 Å². The minimum absolute atomic E-state index is 0.0432. The summed E-state index contributed by atoms with van der Waals surface area (Å²) in [5.41, 5.74) is 0.803. The standard InChI is InChI=1S/C13H14N4O2S/c1-14-10(18)7-20-13-9(3-2-6-15-13)11-16-12(19-17-11)8-4-5-8/h2-3,6,8H,4-5,7H2,1H3,(H,14,18). The fourth-order valence-corrected chi connectivity index (χ4v) is 2.59. The molecule has 1 N–H and O–H groups in total. The zero-order chi connectivity index (χ0) is 13.9. The summed E-state index contributed by atoms with van der Waals surface area (Å²) in [6, 6.07) is 3.72. The fraction of sp³-hybridized carbons (Fsp3) is 0.385. The van der Waals surface area contributed by atoms with Crippen molar-refractivity contribution in [2.24, 2.45) is 0 Å². The Labute approximate surface area is 120 Å². The first kappa shape index (κ1) is 13.1. The van der Waals surface area contributed by atoms with E-state index in [0.29, 0.717) is 23.4 Å². The van der Waals surface area contributed by atoms with Gasteiger partial charge in [-0.2, -0.15) is 4.98 Å². The van der Waals surface area contributed by atoms with Crippen LogP contribution in [0.3, 0.4) is 0 Å².